The maximum Gasteiger partial charge on any atom is 0.269 e. The highest BCUT2D eigenvalue weighted by molar-refractivity contribution is 9.13. The largest absolute Gasteiger partial charge is 0.504 e. The zero-order chi connectivity index (χ0) is 17.0. The third kappa shape index (κ3) is 3.99. The van der Waals surface area contributed by atoms with Crippen molar-refractivity contribution in [2.45, 2.75) is 0 Å². The number of benzene rings is 2. The van der Waals surface area contributed by atoms with Gasteiger partial charge in [-0.05, 0) is 50.1 Å². The Labute approximate surface area is 148 Å². The quantitative estimate of drug-likeness (QED) is 0.407. The molecule has 120 valence electrons. The molecule has 0 radical (unpaired) electrons. The van der Waals surface area contributed by atoms with E-state index in [1.807, 2.05) is 0 Å². The summed E-state index contributed by atoms with van der Waals surface area (Å²) in [5.41, 5.74) is 3.72. The number of non-ortho nitro benzene ring substituents is 1. The number of hydrazone groups is 1. The molecule has 0 amide bonds. The Hall–Kier alpha value is -2.13. The van der Waals surface area contributed by atoms with Crippen LogP contribution in [0.3, 0.4) is 0 Å². The Balaban J connectivity index is 2.20. The highest BCUT2D eigenvalue weighted by Crippen LogP contribution is 2.39. The summed E-state index contributed by atoms with van der Waals surface area (Å²) in [5.74, 6) is 0.244. The molecule has 0 spiro atoms. The van der Waals surface area contributed by atoms with E-state index in [9.17, 15) is 15.2 Å². The summed E-state index contributed by atoms with van der Waals surface area (Å²) in [6, 6.07) is 7.43. The molecule has 0 atom stereocenters. The van der Waals surface area contributed by atoms with Gasteiger partial charge in [0.1, 0.15) is 0 Å². The van der Waals surface area contributed by atoms with Crippen LogP contribution in [0.2, 0.25) is 0 Å². The Morgan fingerprint density at radius 3 is 2.57 bits per heavy atom. The Morgan fingerprint density at radius 1 is 1.35 bits per heavy atom. The molecule has 0 saturated carbocycles. The van der Waals surface area contributed by atoms with Crippen LogP contribution in [-0.4, -0.2) is 23.4 Å². The van der Waals surface area contributed by atoms with Gasteiger partial charge in [0.2, 0.25) is 0 Å². The van der Waals surface area contributed by atoms with Gasteiger partial charge in [0.15, 0.2) is 11.5 Å². The normalized spacial score (nSPS) is 10.7. The van der Waals surface area contributed by atoms with Crippen LogP contribution in [0.5, 0.6) is 11.5 Å². The molecule has 0 aliphatic carbocycles. The number of rotatable bonds is 5. The fourth-order valence-corrected chi connectivity index (χ4v) is 2.54. The molecule has 0 unspecified atom stereocenters. The van der Waals surface area contributed by atoms with Gasteiger partial charge in [-0.3, -0.25) is 15.5 Å². The number of hydrogen-bond donors (Lipinski definition) is 2. The predicted molar refractivity (Wildman–Crippen MR) is 94.4 cm³/mol. The number of hydrogen-bond acceptors (Lipinski definition) is 6. The van der Waals surface area contributed by atoms with Crippen LogP contribution in [0.25, 0.3) is 0 Å². The molecule has 0 aliphatic heterocycles. The summed E-state index contributed by atoms with van der Waals surface area (Å²) in [6.07, 6.45) is 1.41. The molecular weight excluding hydrogens is 434 g/mol. The number of nitrogens with zero attached hydrogens (tertiary/aromatic N) is 2. The van der Waals surface area contributed by atoms with E-state index in [0.29, 0.717) is 25.9 Å². The van der Waals surface area contributed by atoms with Gasteiger partial charge in [0, 0.05) is 21.1 Å². The fraction of sp³-hybridized carbons (Fsp3) is 0.0714. The number of phenols is 1. The highest BCUT2D eigenvalue weighted by Gasteiger charge is 2.14. The van der Waals surface area contributed by atoms with Crippen molar-refractivity contribution in [3.8, 4) is 11.5 Å². The van der Waals surface area contributed by atoms with E-state index in [1.54, 1.807) is 6.07 Å². The molecule has 0 fully saturated rings. The molecule has 2 rings (SSSR count). The van der Waals surface area contributed by atoms with Gasteiger partial charge in [-0.2, -0.15) is 5.10 Å². The van der Waals surface area contributed by atoms with Crippen LogP contribution in [0.1, 0.15) is 5.56 Å². The van der Waals surface area contributed by atoms with E-state index in [-0.39, 0.29) is 11.4 Å². The maximum atomic E-state index is 10.6. The highest BCUT2D eigenvalue weighted by atomic mass is 79.9. The molecule has 9 heteroatoms. The zero-order valence-electron chi connectivity index (χ0n) is 11.8. The van der Waals surface area contributed by atoms with Crippen LogP contribution in [0.4, 0.5) is 11.4 Å². The molecule has 0 aromatic heterocycles. The molecule has 0 aliphatic rings. The number of ether oxygens (including phenoxy) is 1. The maximum absolute atomic E-state index is 10.6. The monoisotopic (exact) mass is 443 g/mol. The molecule has 2 aromatic carbocycles. The average molecular weight is 445 g/mol. The predicted octanol–water partition coefficient (Wildman–Crippen LogP) is 4.28. The molecule has 2 N–H and O–H groups in total. The first-order valence-electron chi connectivity index (χ1n) is 6.22. The number of nitro groups is 1. The minimum absolute atomic E-state index is 0.00311. The number of halogens is 2. The first-order chi connectivity index (χ1) is 10.9. The third-order valence-electron chi connectivity index (χ3n) is 2.88. The van der Waals surface area contributed by atoms with Crippen molar-refractivity contribution in [2.24, 2.45) is 5.10 Å². The summed E-state index contributed by atoms with van der Waals surface area (Å²) in [4.78, 5) is 10.1. The number of anilines is 1. The van der Waals surface area contributed by atoms with Crippen LogP contribution in [0.15, 0.2) is 44.4 Å². The topological polar surface area (TPSA) is 97.0 Å². The third-order valence-corrected chi connectivity index (χ3v) is 4.89. The van der Waals surface area contributed by atoms with Gasteiger partial charge in [-0.15, -0.1) is 0 Å². The number of aromatic hydroxyl groups is 1. The van der Waals surface area contributed by atoms with Crippen molar-refractivity contribution >= 4 is 49.4 Å². The van der Waals surface area contributed by atoms with Crippen molar-refractivity contribution in [3.63, 3.8) is 0 Å². The molecular formula is C14H11Br2N3O4. The lowest BCUT2D eigenvalue weighted by Gasteiger charge is -2.09. The lowest BCUT2D eigenvalue weighted by molar-refractivity contribution is -0.384. The fourth-order valence-electron chi connectivity index (χ4n) is 1.71. The molecule has 0 saturated heterocycles. The van der Waals surface area contributed by atoms with E-state index >= 15 is 0 Å². The van der Waals surface area contributed by atoms with Crippen LogP contribution >= 0.6 is 31.9 Å². The second-order valence-electron chi connectivity index (χ2n) is 4.31. The Bertz CT molecular complexity index is 764. The van der Waals surface area contributed by atoms with E-state index in [2.05, 4.69) is 42.4 Å². The lowest BCUT2D eigenvalue weighted by atomic mass is 10.2. The minimum atomic E-state index is -0.476. The summed E-state index contributed by atoms with van der Waals surface area (Å²) in [7, 11) is 1.45. The van der Waals surface area contributed by atoms with Gasteiger partial charge < -0.3 is 9.84 Å². The summed E-state index contributed by atoms with van der Waals surface area (Å²) in [6.45, 7) is 0. The number of nitrogens with one attached hydrogen (secondary N) is 1. The molecule has 0 bridgehead atoms. The van der Waals surface area contributed by atoms with Crippen molar-refractivity contribution in [1.82, 2.24) is 0 Å². The minimum Gasteiger partial charge on any atom is -0.504 e. The lowest BCUT2D eigenvalue weighted by Crippen LogP contribution is -1.95. The second kappa shape index (κ2) is 7.42. The van der Waals surface area contributed by atoms with Gasteiger partial charge >= 0.3 is 0 Å². The Kier molecular flexibility index (Phi) is 5.56. The van der Waals surface area contributed by atoms with E-state index in [1.165, 1.54) is 37.6 Å². The van der Waals surface area contributed by atoms with Gasteiger partial charge in [0.25, 0.3) is 5.69 Å². The summed E-state index contributed by atoms with van der Waals surface area (Å²) >= 11 is 6.70. The van der Waals surface area contributed by atoms with Crippen molar-refractivity contribution in [3.05, 3.63) is 55.0 Å². The average Bonchev–Trinajstić information content (AvgIpc) is 2.54. The standard InChI is InChI=1S/C14H11Br2N3O4/c1-23-12-6-11(15)13(16)10(14(12)20)7-17-18-8-2-4-9(5-3-8)19(21)22/h2-7,18,20H,1H3/b17-7-. The summed E-state index contributed by atoms with van der Waals surface area (Å²) in [5, 5.41) is 24.7. The van der Waals surface area contributed by atoms with Crippen LogP contribution in [-0.2, 0) is 0 Å². The van der Waals surface area contributed by atoms with Crippen LogP contribution < -0.4 is 10.2 Å². The SMILES string of the molecule is COc1cc(Br)c(Br)c(/C=N\Nc2ccc([N+](=O)[O-])cc2)c1O. The van der Waals surface area contributed by atoms with Gasteiger partial charge in [-0.25, -0.2) is 0 Å². The molecule has 23 heavy (non-hydrogen) atoms. The van der Waals surface area contributed by atoms with Crippen molar-refractivity contribution < 1.29 is 14.8 Å². The van der Waals surface area contributed by atoms with Gasteiger partial charge in [0.05, 0.1) is 29.5 Å². The summed E-state index contributed by atoms with van der Waals surface area (Å²) < 4.78 is 6.39. The smallest absolute Gasteiger partial charge is 0.269 e. The zero-order valence-corrected chi connectivity index (χ0v) is 15.0. The number of methoxy groups -OCH3 is 1. The van der Waals surface area contributed by atoms with E-state index in [0.717, 1.165) is 0 Å². The number of phenolic OH excluding ortho intramolecular Hbond substituents is 1. The van der Waals surface area contributed by atoms with E-state index in [4.69, 9.17) is 4.74 Å². The molecule has 0 heterocycles. The number of nitro benzene ring substituents is 1. The molecule has 7 nitrogen and oxygen atoms in total. The van der Waals surface area contributed by atoms with Crippen LogP contribution in [0, 0.1) is 10.1 Å². The van der Waals surface area contributed by atoms with Crippen molar-refractivity contribution in [1.29, 1.82) is 0 Å². The second-order valence-corrected chi connectivity index (χ2v) is 5.96. The first kappa shape index (κ1) is 17.2. The Morgan fingerprint density at radius 2 is 2.00 bits per heavy atom. The van der Waals surface area contributed by atoms with E-state index < -0.39 is 4.92 Å². The molecule has 2 aromatic rings. The van der Waals surface area contributed by atoms with Crippen molar-refractivity contribution in [2.75, 3.05) is 12.5 Å². The first-order valence-corrected chi connectivity index (χ1v) is 7.81. The van der Waals surface area contributed by atoms with Gasteiger partial charge in [-0.1, -0.05) is 0 Å².